The molecule has 0 unspecified atom stereocenters. The molecule has 0 atom stereocenters. The smallest absolute Gasteiger partial charge is 0.276 e. The van der Waals surface area contributed by atoms with Gasteiger partial charge in [0.25, 0.3) is 5.91 Å². The van der Waals surface area contributed by atoms with Gasteiger partial charge in [0.15, 0.2) is 17.2 Å². The summed E-state index contributed by atoms with van der Waals surface area (Å²) in [6.45, 7) is 1.05. The van der Waals surface area contributed by atoms with Crippen LogP contribution >= 0.6 is 11.3 Å². The largest absolute Gasteiger partial charge is 0.486 e. The summed E-state index contributed by atoms with van der Waals surface area (Å²) in [5, 5.41) is 11.7. The van der Waals surface area contributed by atoms with E-state index in [2.05, 4.69) is 15.5 Å². The zero-order valence-corrected chi connectivity index (χ0v) is 12.9. The second-order valence-electron chi connectivity index (χ2n) is 4.96. The maximum Gasteiger partial charge on any atom is 0.276 e. The Kier molecular flexibility index (Phi) is 3.47. The number of anilines is 1. The SMILES string of the molecule is O=C(Nc1ccc2c(c1)OCCO2)c1cc(-c2cccs2)[nH]n1. The third-order valence-corrected chi connectivity index (χ3v) is 4.30. The average Bonchev–Trinajstić information content (AvgIpc) is 3.26. The molecule has 7 heteroatoms. The van der Waals surface area contributed by atoms with Crippen molar-refractivity contribution < 1.29 is 14.3 Å². The first-order valence-electron chi connectivity index (χ1n) is 7.10. The molecule has 23 heavy (non-hydrogen) atoms. The van der Waals surface area contributed by atoms with Crippen LogP contribution in [-0.4, -0.2) is 29.3 Å². The number of nitrogens with zero attached hydrogens (tertiary/aromatic N) is 1. The van der Waals surface area contributed by atoms with Crippen LogP contribution in [0.2, 0.25) is 0 Å². The highest BCUT2D eigenvalue weighted by Crippen LogP contribution is 2.32. The third kappa shape index (κ3) is 2.78. The van der Waals surface area contributed by atoms with Crippen LogP contribution in [0.15, 0.2) is 41.8 Å². The van der Waals surface area contributed by atoms with E-state index in [1.165, 1.54) is 0 Å². The lowest BCUT2D eigenvalue weighted by atomic mass is 10.2. The number of thiophene rings is 1. The number of nitrogens with one attached hydrogen (secondary N) is 2. The summed E-state index contributed by atoms with van der Waals surface area (Å²) in [6.07, 6.45) is 0. The van der Waals surface area contributed by atoms with Crippen molar-refractivity contribution in [2.24, 2.45) is 0 Å². The zero-order chi connectivity index (χ0) is 15.6. The third-order valence-electron chi connectivity index (χ3n) is 3.40. The fourth-order valence-electron chi connectivity index (χ4n) is 2.31. The number of H-pyrrole nitrogens is 1. The Labute approximate surface area is 136 Å². The van der Waals surface area contributed by atoms with Gasteiger partial charge in [-0.05, 0) is 29.6 Å². The molecule has 1 amide bonds. The van der Waals surface area contributed by atoms with Crippen molar-refractivity contribution in [3.63, 3.8) is 0 Å². The first kappa shape index (κ1) is 13.8. The van der Waals surface area contributed by atoms with Crippen molar-refractivity contribution in [2.75, 3.05) is 18.5 Å². The monoisotopic (exact) mass is 327 g/mol. The lowest BCUT2D eigenvalue weighted by molar-refractivity contribution is 0.102. The van der Waals surface area contributed by atoms with E-state index in [9.17, 15) is 4.79 Å². The number of ether oxygens (including phenoxy) is 2. The van der Waals surface area contributed by atoms with Crippen molar-refractivity contribution in [1.82, 2.24) is 10.2 Å². The minimum absolute atomic E-state index is 0.277. The van der Waals surface area contributed by atoms with Crippen LogP contribution in [-0.2, 0) is 0 Å². The molecule has 6 nitrogen and oxygen atoms in total. The molecule has 2 N–H and O–H groups in total. The van der Waals surface area contributed by atoms with E-state index in [0.717, 1.165) is 10.6 Å². The average molecular weight is 327 g/mol. The number of hydrogen-bond acceptors (Lipinski definition) is 5. The summed E-state index contributed by atoms with van der Waals surface area (Å²) >= 11 is 1.59. The van der Waals surface area contributed by atoms with Gasteiger partial charge in [-0.15, -0.1) is 11.3 Å². The fraction of sp³-hybridized carbons (Fsp3) is 0.125. The number of hydrogen-bond donors (Lipinski definition) is 2. The van der Waals surface area contributed by atoms with Crippen molar-refractivity contribution >= 4 is 22.9 Å². The van der Waals surface area contributed by atoms with Crippen LogP contribution < -0.4 is 14.8 Å². The molecule has 0 saturated carbocycles. The van der Waals surface area contributed by atoms with Crippen molar-refractivity contribution in [2.45, 2.75) is 0 Å². The van der Waals surface area contributed by atoms with E-state index in [4.69, 9.17) is 9.47 Å². The Morgan fingerprint density at radius 1 is 1.17 bits per heavy atom. The minimum Gasteiger partial charge on any atom is -0.486 e. The molecule has 116 valence electrons. The Balaban J connectivity index is 1.52. The molecule has 0 bridgehead atoms. The molecular weight excluding hydrogens is 314 g/mol. The zero-order valence-electron chi connectivity index (χ0n) is 12.0. The molecule has 2 aromatic heterocycles. The van der Waals surface area contributed by atoms with Crippen LogP contribution in [0.4, 0.5) is 5.69 Å². The predicted octanol–water partition coefficient (Wildman–Crippen LogP) is 3.16. The van der Waals surface area contributed by atoms with Crippen molar-refractivity contribution in [1.29, 1.82) is 0 Å². The molecule has 1 aliphatic heterocycles. The number of aromatic amines is 1. The quantitative estimate of drug-likeness (QED) is 0.775. The summed E-state index contributed by atoms with van der Waals surface area (Å²) < 4.78 is 11.0. The number of carbonyl (C=O) groups is 1. The van der Waals surface area contributed by atoms with Gasteiger partial charge < -0.3 is 14.8 Å². The van der Waals surface area contributed by atoms with E-state index in [1.54, 1.807) is 35.6 Å². The van der Waals surface area contributed by atoms with E-state index in [0.29, 0.717) is 36.1 Å². The van der Waals surface area contributed by atoms with E-state index < -0.39 is 0 Å². The van der Waals surface area contributed by atoms with E-state index in [1.807, 2.05) is 17.5 Å². The highest BCUT2D eigenvalue weighted by Gasteiger charge is 2.15. The maximum absolute atomic E-state index is 12.3. The molecule has 1 aromatic carbocycles. The molecule has 0 fully saturated rings. The number of amides is 1. The Morgan fingerprint density at radius 2 is 2.04 bits per heavy atom. The first-order chi connectivity index (χ1) is 11.3. The molecular formula is C16H13N3O3S. The van der Waals surface area contributed by atoms with Gasteiger partial charge in [-0.3, -0.25) is 9.89 Å². The van der Waals surface area contributed by atoms with Gasteiger partial charge in [-0.25, -0.2) is 0 Å². The van der Waals surface area contributed by atoms with Gasteiger partial charge in [0.1, 0.15) is 13.2 Å². The standard InChI is InChI=1S/C16H13N3O3S/c20-16(12-9-11(18-19-12)15-2-1-7-23-15)17-10-3-4-13-14(8-10)22-6-5-21-13/h1-4,7-9H,5-6H2,(H,17,20)(H,18,19). The summed E-state index contributed by atoms with van der Waals surface area (Å²) in [5.41, 5.74) is 1.80. The molecule has 3 heterocycles. The summed E-state index contributed by atoms with van der Waals surface area (Å²) in [7, 11) is 0. The normalized spacial score (nSPS) is 12.9. The van der Waals surface area contributed by atoms with Gasteiger partial charge in [0, 0.05) is 11.8 Å². The van der Waals surface area contributed by atoms with Gasteiger partial charge in [0.2, 0.25) is 0 Å². The van der Waals surface area contributed by atoms with Crippen LogP contribution in [0, 0.1) is 0 Å². The van der Waals surface area contributed by atoms with Gasteiger partial charge >= 0.3 is 0 Å². The minimum atomic E-state index is -0.277. The number of carbonyl (C=O) groups excluding carboxylic acids is 1. The molecule has 3 aromatic rings. The lowest BCUT2D eigenvalue weighted by Gasteiger charge is -2.18. The molecule has 0 radical (unpaired) electrons. The molecule has 1 aliphatic rings. The van der Waals surface area contributed by atoms with Crippen LogP contribution in [0.25, 0.3) is 10.6 Å². The highest BCUT2D eigenvalue weighted by atomic mass is 32.1. The molecule has 0 saturated heterocycles. The number of fused-ring (bicyclic) bond motifs is 1. The van der Waals surface area contributed by atoms with Gasteiger partial charge in [-0.1, -0.05) is 6.07 Å². The molecule has 0 spiro atoms. The summed E-state index contributed by atoms with van der Waals surface area (Å²) in [5.74, 6) is 1.05. The molecule has 4 rings (SSSR count). The lowest BCUT2D eigenvalue weighted by Crippen LogP contribution is -2.16. The van der Waals surface area contributed by atoms with Crippen LogP contribution in [0.1, 0.15) is 10.5 Å². The van der Waals surface area contributed by atoms with Crippen molar-refractivity contribution in [3.8, 4) is 22.1 Å². The van der Waals surface area contributed by atoms with Crippen LogP contribution in [0.3, 0.4) is 0 Å². The Bertz CT molecular complexity index is 842. The Hall–Kier alpha value is -2.80. The van der Waals surface area contributed by atoms with Gasteiger partial charge in [0.05, 0.1) is 10.6 Å². The second kappa shape index (κ2) is 5.77. The first-order valence-corrected chi connectivity index (χ1v) is 7.98. The predicted molar refractivity (Wildman–Crippen MR) is 87.3 cm³/mol. The summed E-state index contributed by atoms with van der Waals surface area (Å²) in [6, 6.07) is 11.0. The summed E-state index contributed by atoms with van der Waals surface area (Å²) in [4.78, 5) is 13.3. The number of benzene rings is 1. The maximum atomic E-state index is 12.3. The number of aromatic nitrogens is 2. The number of rotatable bonds is 3. The topological polar surface area (TPSA) is 76.2 Å². The van der Waals surface area contributed by atoms with Gasteiger partial charge in [-0.2, -0.15) is 5.10 Å². The fourth-order valence-corrected chi connectivity index (χ4v) is 3.00. The van der Waals surface area contributed by atoms with Crippen LogP contribution in [0.5, 0.6) is 11.5 Å². The van der Waals surface area contributed by atoms with E-state index >= 15 is 0 Å². The molecule has 0 aliphatic carbocycles. The second-order valence-corrected chi connectivity index (χ2v) is 5.90. The van der Waals surface area contributed by atoms with E-state index in [-0.39, 0.29) is 5.91 Å². The van der Waals surface area contributed by atoms with Crippen molar-refractivity contribution in [3.05, 3.63) is 47.5 Å². The Morgan fingerprint density at radius 3 is 2.87 bits per heavy atom. The highest BCUT2D eigenvalue weighted by molar-refractivity contribution is 7.13.